The molecule has 2 aliphatic heterocycles. The second-order valence-electron chi connectivity index (χ2n) is 7.38. The Labute approximate surface area is 161 Å². The Bertz CT molecular complexity index is 765. The fraction of sp³-hybridized carbons (Fsp3) is 0.409. The number of rotatable bonds is 5. The lowest BCUT2D eigenvalue weighted by Gasteiger charge is -2.25. The highest BCUT2D eigenvalue weighted by molar-refractivity contribution is 5.94. The van der Waals surface area contributed by atoms with Gasteiger partial charge in [-0.3, -0.25) is 0 Å². The number of carbonyl (C=O) groups is 1. The van der Waals surface area contributed by atoms with Crippen molar-refractivity contribution in [2.75, 3.05) is 41.3 Å². The number of carbonyl (C=O) groups excluding carboxylic acids is 1. The van der Waals surface area contributed by atoms with Crippen LogP contribution in [-0.4, -0.2) is 32.2 Å². The first-order valence-electron chi connectivity index (χ1n) is 10.0. The molecule has 5 nitrogen and oxygen atoms in total. The summed E-state index contributed by atoms with van der Waals surface area (Å²) in [4.78, 5) is 17.3. The lowest BCUT2D eigenvalue weighted by Crippen LogP contribution is -2.30. The van der Waals surface area contributed by atoms with E-state index >= 15 is 0 Å². The minimum atomic E-state index is -0.155. The standard InChI is InChI=1S/C22H28N4O/c27-22(23-17-18-8-2-1-3-9-18)24-20-16-19(25-12-4-5-13-25)10-11-21(20)26-14-6-7-15-26/h1-3,8-11,16H,4-7,12-15,17H2,(H2,23,24,27). The van der Waals surface area contributed by atoms with Gasteiger partial charge in [-0.25, -0.2) is 4.79 Å². The minimum absolute atomic E-state index is 0.155. The summed E-state index contributed by atoms with van der Waals surface area (Å²) in [6, 6.07) is 16.3. The highest BCUT2D eigenvalue weighted by Crippen LogP contribution is 2.34. The maximum absolute atomic E-state index is 12.5. The van der Waals surface area contributed by atoms with Crippen LogP contribution >= 0.6 is 0 Å². The molecule has 2 amide bonds. The Hall–Kier alpha value is -2.69. The van der Waals surface area contributed by atoms with Crippen LogP contribution in [0.5, 0.6) is 0 Å². The average molecular weight is 364 g/mol. The fourth-order valence-electron chi connectivity index (χ4n) is 3.97. The first-order chi connectivity index (χ1) is 13.3. The Morgan fingerprint density at radius 2 is 1.52 bits per heavy atom. The summed E-state index contributed by atoms with van der Waals surface area (Å²) in [5.74, 6) is 0. The van der Waals surface area contributed by atoms with E-state index in [1.807, 2.05) is 30.3 Å². The highest BCUT2D eigenvalue weighted by Gasteiger charge is 2.20. The van der Waals surface area contributed by atoms with Crippen molar-refractivity contribution < 1.29 is 4.79 Å². The van der Waals surface area contributed by atoms with Gasteiger partial charge in [0.1, 0.15) is 0 Å². The summed E-state index contributed by atoms with van der Waals surface area (Å²) in [6.07, 6.45) is 4.92. The van der Waals surface area contributed by atoms with Crippen LogP contribution in [0.3, 0.4) is 0 Å². The van der Waals surface area contributed by atoms with E-state index < -0.39 is 0 Å². The molecule has 142 valence electrons. The van der Waals surface area contributed by atoms with Crippen LogP contribution in [0.4, 0.5) is 21.9 Å². The molecule has 0 unspecified atom stereocenters. The zero-order valence-corrected chi connectivity index (χ0v) is 15.8. The number of amides is 2. The van der Waals surface area contributed by atoms with Gasteiger partial charge in [0.15, 0.2) is 0 Å². The molecule has 0 radical (unpaired) electrons. The van der Waals surface area contributed by atoms with E-state index in [-0.39, 0.29) is 6.03 Å². The Morgan fingerprint density at radius 1 is 0.852 bits per heavy atom. The number of anilines is 3. The molecule has 0 bridgehead atoms. The summed E-state index contributed by atoms with van der Waals surface area (Å²) in [5, 5.41) is 6.08. The number of urea groups is 1. The third-order valence-corrected chi connectivity index (χ3v) is 5.44. The molecule has 2 fully saturated rings. The molecule has 0 atom stereocenters. The first-order valence-corrected chi connectivity index (χ1v) is 10.0. The third kappa shape index (κ3) is 4.35. The molecule has 0 aliphatic carbocycles. The maximum Gasteiger partial charge on any atom is 0.319 e. The van der Waals surface area contributed by atoms with Crippen LogP contribution in [0.1, 0.15) is 31.2 Å². The molecule has 0 spiro atoms. The lowest BCUT2D eigenvalue weighted by molar-refractivity contribution is 0.251. The highest BCUT2D eigenvalue weighted by atomic mass is 16.2. The molecule has 4 rings (SSSR count). The summed E-state index contributed by atoms with van der Waals surface area (Å²) in [7, 11) is 0. The summed E-state index contributed by atoms with van der Waals surface area (Å²) < 4.78 is 0. The van der Waals surface area contributed by atoms with E-state index in [4.69, 9.17) is 0 Å². The van der Waals surface area contributed by atoms with Crippen molar-refractivity contribution >= 4 is 23.1 Å². The van der Waals surface area contributed by atoms with Crippen molar-refractivity contribution in [2.45, 2.75) is 32.2 Å². The maximum atomic E-state index is 12.5. The van der Waals surface area contributed by atoms with Crippen LogP contribution in [0.15, 0.2) is 48.5 Å². The smallest absolute Gasteiger partial charge is 0.319 e. The van der Waals surface area contributed by atoms with Crippen molar-refractivity contribution in [1.82, 2.24) is 5.32 Å². The number of hydrogen-bond acceptors (Lipinski definition) is 3. The Kier molecular flexibility index (Phi) is 5.47. The quantitative estimate of drug-likeness (QED) is 0.835. The summed E-state index contributed by atoms with van der Waals surface area (Å²) in [6.45, 7) is 4.84. The van der Waals surface area contributed by atoms with E-state index in [9.17, 15) is 4.79 Å². The van der Waals surface area contributed by atoms with Crippen LogP contribution < -0.4 is 20.4 Å². The second kappa shape index (κ2) is 8.33. The molecular weight excluding hydrogens is 336 g/mol. The zero-order valence-electron chi connectivity index (χ0n) is 15.8. The largest absolute Gasteiger partial charge is 0.371 e. The molecule has 5 heteroatoms. The van der Waals surface area contributed by atoms with Crippen LogP contribution in [0.2, 0.25) is 0 Å². The van der Waals surface area contributed by atoms with Gasteiger partial charge in [-0.15, -0.1) is 0 Å². The first kappa shape index (κ1) is 17.7. The normalized spacial score (nSPS) is 16.6. The van der Waals surface area contributed by atoms with Gasteiger partial charge in [0.05, 0.1) is 11.4 Å². The van der Waals surface area contributed by atoms with Gasteiger partial charge >= 0.3 is 6.03 Å². The van der Waals surface area contributed by atoms with Crippen molar-refractivity contribution in [3.05, 3.63) is 54.1 Å². The Morgan fingerprint density at radius 3 is 2.22 bits per heavy atom. The van der Waals surface area contributed by atoms with Gasteiger partial charge in [0.25, 0.3) is 0 Å². The molecule has 2 aromatic carbocycles. The molecule has 27 heavy (non-hydrogen) atoms. The van der Waals surface area contributed by atoms with Gasteiger partial charge in [-0.05, 0) is 49.4 Å². The lowest BCUT2D eigenvalue weighted by atomic mass is 10.2. The molecule has 2 aromatic rings. The molecule has 2 saturated heterocycles. The molecule has 2 N–H and O–H groups in total. The van der Waals surface area contributed by atoms with Crippen LogP contribution in [0, 0.1) is 0 Å². The van der Waals surface area contributed by atoms with Crippen molar-refractivity contribution in [1.29, 1.82) is 0 Å². The van der Waals surface area contributed by atoms with E-state index in [0.29, 0.717) is 6.54 Å². The van der Waals surface area contributed by atoms with Crippen molar-refractivity contribution in [2.24, 2.45) is 0 Å². The predicted molar refractivity (Wildman–Crippen MR) is 112 cm³/mol. The van der Waals surface area contributed by atoms with Gasteiger partial charge in [0.2, 0.25) is 0 Å². The van der Waals surface area contributed by atoms with Crippen LogP contribution in [0.25, 0.3) is 0 Å². The minimum Gasteiger partial charge on any atom is -0.371 e. The Balaban J connectivity index is 1.49. The van der Waals surface area contributed by atoms with E-state index in [1.54, 1.807) is 0 Å². The topological polar surface area (TPSA) is 47.6 Å². The molecule has 0 saturated carbocycles. The monoisotopic (exact) mass is 364 g/mol. The van der Waals surface area contributed by atoms with E-state index in [1.165, 1.54) is 31.4 Å². The third-order valence-electron chi connectivity index (χ3n) is 5.44. The molecule has 2 aliphatic rings. The fourth-order valence-corrected chi connectivity index (χ4v) is 3.97. The summed E-state index contributed by atoms with van der Waals surface area (Å²) >= 11 is 0. The van der Waals surface area contributed by atoms with Crippen molar-refractivity contribution in [3.8, 4) is 0 Å². The van der Waals surface area contributed by atoms with Crippen LogP contribution in [-0.2, 0) is 6.54 Å². The van der Waals surface area contributed by atoms with E-state index in [0.717, 1.165) is 43.1 Å². The van der Waals surface area contributed by atoms with Gasteiger partial charge < -0.3 is 20.4 Å². The SMILES string of the molecule is O=C(NCc1ccccc1)Nc1cc(N2CCCC2)ccc1N1CCCC1. The number of nitrogens with one attached hydrogen (secondary N) is 2. The van der Waals surface area contributed by atoms with Gasteiger partial charge in [-0.2, -0.15) is 0 Å². The summed E-state index contributed by atoms with van der Waals surface area (Å²) in [5.41, 5.74) is 4.34. The average Bonchev–Trinajstić information content (AvgIpc) is 3.41. The zero-order chi connectivity index (χ0) is 18.5. The molecule has 0 aromatic heterocycles. The van der Waals surface area contributed by atoms with Crippen molar-refractivity contribution in [3.63, 3.8) is 0 Å². The van der Waals surface area contributed by atoms with Gasteiger partial charge in [-0.1, -0.05) is 30.3 Å². The van der Waals surface area contributed by atoms with Gasteiger partial charge in [0, 0.05) is 38.4 Å². The second-order valence-corrected chi connectivity index (χ2v) is 7.38. The number of hydrogen-bond donors (Lipinski definition) is 2. The molecular formula is C22H28N4O. The number of benzene rings is 2. The number of nitrogens with zero attached hydrogens (tertiary/aromatic N) is 2. The predicted octanol–water partition coefficient (Wildman–Crippen LogP) is 4.21. The molecule has 2 heterocycles. The van der Waals surface area contributed by atoms with E-state index in [2.05, 4.69) is 38.6 Å².